The molecule has 1 heterocycles. The summed E-state index contributed by atoms with van der Waals surface area (Å²) in [5, 5.41) is 7.03. The van der Waals surface area contributed by atoms with Crippen molar-refractivity contribution in [1.82, 2.24) is 10.2 Å². The van der Waals surface area contributed by atoms with Crippen molar-refractivity contribution in [3.63, 3.8) is 0 Å². The molecule has 0 fully saturated rings. The number of hydrogen-bond donors (Lipinski definition) is 2. The zero-order valence-corrected chi connectivity index (χ0v) is 12.5. The standard InChI is InChI=1S/C11H11Cl2N3O2S/c1-6-11(7(2)15-14-6)16-19(17,18)10-5-8(12)3-4-9(10)13/h3-5,16H,1-2H3,(H,14,15). The topological polar surface area (TPSA) is 74.8 Å². The summed E-state index contributed by atoms with van der Waals surface area (Å²) in [6.45, 7) is 3.42. The average Bonchev–Trinajstić information content (AvgIpc) is 2.63. The number of aromatic amines is 1. The van der Waals surface area contributed by atoms with E-state index in [0.717, 1.165) is 0 Å². The van der Waals surface area contributed by atoms with Gasteiger partial charge in [-0.2, -0.15) is 5.10 Å². The molecule has 8 heteroatoms. The Hall–Kier alpha value is -1.24. The molecular formula is C11H11Cl2N3O2S. The van der Waals surface area contributed by atoms with E-state index in [0.29, 0.717) is 22.1 Å². The van der Waals surface area contributed by atoms with Gasteiger partial charge < -0.3 is 0 Å². The number of anilines is 1. The second kappa shape index (κ2) is 5.03. The summed E-state index contributed by atoms with van der Waals surface area (Å²) in [5.74, 6) is 0. The number of sulfonamides is 1. The maximum absolute atomic E-state index is 12.3. The van der Waals surface area contributed by atoms with Crippen molar-refractivity contribution in [1.29, 1.82) is 0 Å². The Bertz CT molecular complexity index is 706. The highest BCUT2D eigenvalue weighted by Gasteiger charge is 2.21. The van der Waals surface area contributed by atoms with Crippen molar-refractivity contribution in [2.45, 2.75) is 18.7 Å². The monoisotopic (exact) mass is 319 g/mol. The molecule has 0 saturated heterocycles. The SMILES string of the molecule is Cc1n[nH]c(C)c1NS(=O)(=O)c1cc(Cl)ccc1Cl. The van der Waals surface area contributed by atoms with Crippen LogP contribution in [0.5, 0.6) is 0 Å². The van der Waals surface area contributed by atoms with Gasteiger partial charge in [0.25, 0.3) is 10.0 Å². The molecule has 0 saturated carbocycles. The third-order valence-corrected chi connectivity index (χ3v) is 4.61. The lowest BCUT2D eigenvalue weighted by molar-refractivity contribution is 0.601. The number of nitrogens with one attached hydrogen (secondary N) is 2. The maximum Gasteiger partial charge on any atom is 0.263 e. The molecule has 0 amide bonds. The number of H-pyrrole nitrogens is 1. The van der Waals surface area contributed by atoms with Gasteiger partial charge in [0.2, 0.25) is 0 Å². The highest BCUT2D eigenvalue weighted by molar-refractivity contribution is 7.92. The van der Waals surface area contributed by atoms with E-state index in [2.05, 4.69) is 14.9 Å². The van der Waals surface area contributed by atoms with E-state index in [1.54, 1.807) is 13.8 Å². The molecule has 2 aromatic rings. The Labute approximate surface area is 121 Å². The van der Waals surface area contributed by atoms with Crippen LogP contribution in [0.2, 0.25) is 10.0 Å². The third-order valence-electron chi connectivity index (χ3n) is 2.55. The van der Waals surface area contributed by atoms with Crippen LogP contribution in [0.3, 0.4) is 0 Å². The molecule has 19 heavy (non-hydrogen) atoms. The van der Waals surface area contributed by atoms with Crippen molar-refractivity contribution in [2.75, 3.05) is 4.72 Å². The third kappa shape index (κ3) is 2.86. The van der Waals surface area contributed by atoms with E-state index >= 15 is 0 Å². The van der Waals surface area contributed by atoms with Gasteiger partial charge >= 0.3 is 0 Å². The summed E-state index contributed by atoms with van der Waals surface area (Å²) < 4.78 is 27.0. The predicted octanol–water partition coefficient (Wildman–Crippen LogP) is 3.13. The molecule has 5 nitrogen and oxygen atoms in total. The van der Waals surface area contributed by atoms with Crippen LogP contribution in [-0.4, -0.2) is 18.6 Å². The fourth-order valence-corrected chi connectivity index (χ4v) is 3.52. The highest BCUT2D eigenvalue weighted by atomic mass is 35.5. The number of aromatic nitrogens is 2. The molecule has 0 aliphatic rings. The molecule has 0 aliphatic carbocycles. The number of nitrogens with zero attached hydrogens (tertiary/aromatic N) is 1. The molecule has 0 aliphatic heterocycles. The molecule has 1 aromatic carbocycles. The van der Waals surface area contributed by atoms with Crippen LogP contribution in [0.1, 0.15) is 11.4 Å². The lowest BCUT2D eigenvalue weighted by Gasteiger charge is -2.09. The van der Waals surface area contributed by atoms with Crippen molar-refractivity contribution >= 4 is 38.9 Å². The first-order valence-electron chi connectivity index (χ1n) is 5.30. The largest absolute Gasteiger partial charge is 0.280 e. The van der Waals surface area contributed by atoms with Crippen LogP contribution in [-0.2, 0) is 10.0 Å². The Morgan fingerprint density at radius 2 is 1.95 bits per heavy atom. The van der Waals surface area contributed by atoms with Gasteiger partial charge in [0.15, 0.2) is 0 Å². The Balaban J connectivity index is 2.47. The number of halogens is 2. The van der Waals surface area contributed by atoms with Crippen molar-refractivity contribution in [3.05, 3.63) is 39.6 Å². The van der Waals surface area contributed by atoms with Crippen LogP contribution in [0, 0.1) is 13.8 Å². The minimum Gasteiger partial charge on any atom is -0.280 e. The van der Waals surface area contributed by atoms with E-state index in [1.807, 2.05) is 0 Å². The molecule has 0 unspecified atom stereocenters. The molecule has 0 bridgehead atoms. The van der Waals surface area contributed by atoms with Crippen molar-refractivity contribution in [3.8, 4) is 0 Å². The Morgan fingerprint density at radius 1 is 1.26 bits per heavy atom. The van der Waals surface area contributed by atoms with Crippen molar-refractivity contribution in [2.24, 2.45) is 0 Å². The smallest absolute Gasteiger partial charge is 0.263 e. The van der Waals surface area contributed by atoms with Gasteiger partial charge in [-0.3, -0.25) is 9.82 Å². The van der Waals surface area contributed by atoms with Crippen LogP contribution >= 0.6 is 23.2 Å². The summed E-state index contributed by atoms with van der Waals surface area (Å²) in [4.78, 5) is -0.0679. The lowest BCUT2D eigenvalue weighted by Crippen LogP contribution is -2.14. The zero-order chi connectivity index (χ0) is 14.2. The van der Waals surface area contributed by atoms with Crippen LogP contribution in [0.15, 0.2) is 23.1 Å². The summed E-state index contributed by atoms with van der Waals surface area (Å²) in [5.41, 5.74) is 1.59. The van der Waals surface area contributed by atoms with Gasteiger partial charge in [0, 0.05) is 5.02 Å². The molecule has 0 radical (unpaired) electrons. The molecule has 0 atom stereocenters. The molecule has 102 valence electrons. The summed E-state index contributed by atoms with van der Waals surface area (Å²) in [6, 6.07) is 4.27. The average molecular weight is 320 g/mol. The molecule has 1 aromatic heterocycles. The van der Waals surface area contributed by atoms with Crippen LogP contribution in [0.25, 0.3) is 0 Å². The Kier molecular flexibility index (Phi) is 3.75. The minimum atomic E-state index is -3.81. The van der Waals surface area contributed by atoms with Crippen LogP contribution in [0.4, 0.5) is 5.69 Å². The molecule has 0 spiro atoms. The predicted molar refractivity (Wildman–Crippen MR) is 75.3 cm³/mol. The first-order valence-corrected chi connectivity index (χ1v) is 7.54. The zero-order valence-electron chi connectivity index (χ0n) is 10.2. The molecule has 2 N–H and O–H groups in total. The van der Waals surface area contributed by atoms with Crippen molar-refractivity contribution < 1.29 is 8.42 Å². The van der Waals surface area contributed by atoms with E-state index in [9.17, 15) is 8.42 Å². The van der Waals surface area contributed by atoms with Gasteiger partial charge in [-0.15, -0.1) is 0 Å². The minimum absolute atomic E-state index is 0.0679. The van der Waals surface area contributed by atoms with Crippen LogP contribution < -0.4 is 4.72 Å². The highest BCUT2D eigenvalue weighted by Crippen LogP contribution is 2.28. The first kappa shape index (κ1) is 14.2. The molecule has 2 rings (SSSR count). The van der Waals surface area contributed by atoms with Gasteiger partial charge in [0.1, 0.15) is 4.90 Å². The van der Waals surface area contributed by atoms with E-state index in [-0.39, 0.29) is 9.92 Å². The second-order valence-corrected chi connectivity index (χ2v) is 6.48. The van der Waals surface area contributed by atoms with E-state index < -0.39 is 10.0 Å². The van der Waals surface area contributed by atoms with E-state index in [1.165, 1.54) is 18.2 Å². The summed E-state index contributed by atoms with van der Waals surface area (Å²) in [6.07, 6.45) is 0. The van der Waals surface area contributed by atoms with Gasteiger partial charge in [-0.1, -0.05) is 23.2 Å². The summed E-state index contributed by atoms with van der Waals surface area (Å²) >= 11 is 11.7. The lowest BCUT2D eigenvalue weighted by atomic mass is 10.3. The number of hydrogen-bond acceptors (Lipinski definition) is 3. The van der Waals surface area contributed by atoms with Gasteiger partial charge in [0.05, 0.1) is 22.1 Å². The normalized spacial score (nSPS) is 11.6. The first-order chi connectivity index (χ1) is 8.81. The van der Waals surface area contributed by atoms with Gasteiger partial charge in [-0.25, -0.2) is 8.42 Å². The maximum atomic E-state index is 12.3. The fraction of sp³-hybridized carbons (Fsp3) is 0.182. The number of benzene rings is 1. The quantitative estimate of drug-likeness (QED) is 0.912. The fourth-order valence-electron chi connectivity index (χ4n) is 1.57. The van der Waals surface area contributed by atoms with E-state index in [4.69, 9.17) is 23.2 Å². The van der Waals surface area contributed by atoms with Gasteiger partial charge in [-0.05, 0) is 32.0 Å². The molecular weight excluding hydrogens is 309 g/mol. The Morgan fingerprint density at radius 3 is 2.53 bits per heavy atom. The number of aryl methyl sites for hydroxylation is 2. The second-order valence-electron chi connectivity index (χ2n) is 3.99. The summed E-state index contributed by atoms with van der Waals surface area (Å²) in [7, 11) is -3.81. The number of rotatable bonds is 3.